The molecule has 0 saturated carbocycles. The van der Waals surface area contributed by atoms with Gasteiger partial charge in [0, 0.05) is 6.07 Å². The number of aryl methyl sites for hydroxylation is 1. The van der Waals surface area contributed by atoms with E-state index in [9.17, 15) is 0 Å². The molecular formula is C30H38N+. The summed E-state index contributed by atoms with van der Waals surface area (Å²) in [5.74, 6) is 1.04. The fourth-order valence-electron chi connectivity index (χ4n) is 5.15. The maximum atomic E-state index is 2.44. The number of benzene rings is 2. The Bertz CT molecular complexity index is 1200. The van der Waals surface area contributed by atoms with E-state index in [-0.39, 0.29) is 5.41 Å². The van der Waals surface area contributed by atoms with Crippen LogP contribution in [0, 0.1) is 12.3 Å². The molecule has 0 spiro atoms. The molecule has 0 N–H and O–H groups in total. The molecule has 1 nitrogen and oxygen atoms in total. The molecule has 0 bridgehead atoms. The Morgan fingerprint density at radius 1 is 0.935 bits per heavy atom. The van der Waals surface area contributed by atoms with Gasteiger partial charge in [0.2, 0.25) is 5.69 Å². The zero-order valence-electron chi connectivity index (χ0n) is 20.9. The molecule has 4 rings (SSSR count). The molecule has 0 saturated heterocycles. The lowest BCUT2D eigenvalue weighted by atomic mass is 9.85. The Kier molecular flexibility index (Phi) is 5.36. The quantitative estimate of drug-likeness (QED) is 0.302. The highest BCUT2D eigenvalue weighted by Gasteiger charge is 2.29. The molecule has 0 aliphatic heterocycles. The Labute approximate surface area is 188 Å². The van der Waals surface area contributed by atoms with Gasteiger partial charge in [0.05, 0.1) is 11.0 Å². The summed E-state index contributed by atoms with van der Waals surface area (Å²) in [5.41, 5.74) is 11.5. The van der Waals surface area contributed by atoms with Crippen LogP contribution in [0.2, 0.25) is 0 Å². The van der Waals surface area contributed by atoms with Gasteiger partial charge in [-0.2, -0.15) is 0 Å². The van der Waals surface area contributed by atoms with E-state index in [2.05, 4.69) is 110 Å². The van der Waals surface area contributed by atoms with Crippen LogP contribution in [0.5, 0.6) is 0 Å². The second kappa shape index (κ2) is 7.62. The standard InChI is InChI=1S/C30H38N/c1-18(2)23-14-25(19(3)4)20(5)26(15-23)27-16-24-13-21(17-30(6,7)8)12-22-10-11-31(9)29(27)28(22)24/h10-16,18-19H,17H2,1-9H3/q+1. The van der Waals surface area contributed by atoms with Crippen molar-refractivity contribution in [2.75, 3.05) is 0 Å². The van der Waals surface area contributed by atoms with Gasteiger partial charge >= 0.3 is 0 Å². The van der Waals surface area contributed by atoms with E-state index in [1.165, 1.54) is 55.4 Å². The van der Waals surface area contributed by atoms with Crippen LogP contribution in [0.3, 0.4) is 0 Å². The van der Waals surface area contributed by atoms with Gasteiger partial charge < -0.3 is 0 Å². The summed E-state index contributed by atoms with van der Waals surface area (Å²) in [7, 11) is 2.19. The van der Waals surface area contributed by atoms with E-state index in [1.54, 1.807) is 0 Å². The highest BCUT2D eigenvalue weighted by Crippen LogP contribution is 2.42. The summed E-state index contributed by atoms with van der Waals surface area (Å²) < 4.78 is 2.31. The lowest BCUT2D eigenvalue weighted by Crippen LogP contribution is -2.32. The molecule has 0 unspecified atom stereocenters. The van der Waals surface area contributed by atoms with Gasteiger partial charge in [-0.05, 0) is 75.4 Å². The number of rotatable bonds is 4. The van der Waals surface area contributed by atoms with Crippen molar-refractivity contribution in [1.82, 2.24) is 0 Å². The number of pyridine rings is 1. The summed E-state index contributed by atoms with van der Waals surface area (Å²) in [6.45, 7) is 18.5. The van der Waals surface area contributed by atoms with Crippen LogP contribution in [-0.4, -0.2) is 0 Å². The topological polar surface area (TPSA) is 3.88 Å². The minimum Gasteiger partial charge on any atom is -0.200 e. The minimum absolute atomic E-state index is 0.280. The second-order valence-corrected chi connectivity index (χ2v) is 11.3. The largest absolute Gasteiger partial charge is 0.221 e. The van der Waals surface area contributed by atoms with Crippen LogP contribution >= 0.6 is 0 Å². The number of nitrogens with zero attached hydrogens (tertiary/aromatic N) is 1. The highest BCUT2D eigenvalue weighted by molar-refractivity contribution is 6.11. The van der Waals surface area contributed by atoms with Crippen molar-refractivity contribution in [2.24, 2.45) is 12.5 Å². The van der Waals surface area contributed by atoms with E-state index < -0.39 is 0 Å². The Balaban J connectivity index is 1.98. The van der Waals surface area contributed by atoms with Crippen LogP contribution in [0.1, 0.15) is 99.4 Å². The molecule has 1 aliphatic carbocycles. The molecule has 0 radical (unpaired) electrons. The molecule has 162 valence electrons. The lowest BCUT2D eigenvalue weighted by Gasteiger charge is -2.19. The zero-order valence-corrected chi connectivity index (χ0v) is 20.9. The normalized spacial score (nSPS) is 13.6. The van der Waals surface area contributed by atoms with Crippen LogP contribution in [0.4, 0.5) is 0 Å². The van der Waals surface area contributed by atoms with Crippen molar-refractivity contribution in [3.8, 4) is 0 Å². The van der Waals surface area contributed by atoms with E-state index in [0.29, 0.717) is 11.8 Å². The maximum absolute atomic E-state index is 2.44. The predicted molar refractivity (Wildman–Crippen MR) is 135 cm³/mol. The monoisotopic (exact) mass is 412 g/mol. The minimum atomic E-state index is 0.280. The average molecular weight is 413 g/mol. The summed E-state index contributed by atoms with van der Waals surface area (Å²) in [6.07, 6.45) is 5.77. The molecule has 31 heavy (non-hydrogen) atoms. The summed E-state index contributed by atoms with van der Waals surface area (Å²) in [4.78, 5) is 0. The van der Waals surface area contributed by atoms with Crippen LogP contribution in [0.25, 0.3) is 22.4 Å². The van der Waals surface area contributed by atoms with Crippen LogP contribution in [0.15, 0.2) is 36.5 Å². The van der Waals surface area contributed by atoms with Gasteiger partial charge in [-0.15, -0.1) is 0 Å². The molecule has 2 aromatic carbocycles. The van der Waals surface area contributed by atoms with Crippen molar-refractivity contribution in [2.45, 2.75) is 73.6 Å². The first kappa shape index (κ1) is 21.8. The third kappa shape index (κ3) is 3.95. The van der Waals surface area contributed by atoms with Crippen molar-refractivity contribution in [3.05, 3.63) is 75.6 Å². The smallest absolute Gasteiger partial charge is 0.200 e. The Morgan fingerprint density at radius 3 is 2.26 bits per heavy atom. The maximum Gasteiger partial charge on any atom is 0.221 e. The van der Waals surface area contributed by atoms with E-state index in [4.69, 9.17) is 0 Å². The average Bonchev–Trinajstić information content (AvgIpc) is 3.03. The molecule has 1 heterocycles. The molecule has 0 fully saturated rings. The summed E-state index contributed by atoms with van der Waals surface area (Å²) >= 11 is 0. The van der Waals surface area contributed by atoms with Gasteiger partial charge in [-0.25, -0.2) is 4.57 Å². The number of aromatic nitrogens is 1. The first-order chi connectivity index (χ1) is 14.5. The molecule has 3 aromatic rings. The SMILES string of the molecule is Cc1c(C2=Cc3cc(CC(C)(C)C)cc4cc[n+](C)c2c34)cc(C(C)C)cc1C(C)C. The molecular weight excluding hydrogens is 374 g/mol. The van der Waals surface area contributed by atoms with Crippen LogP contribution < -0.4 is 4.57 Å². The van der Waals surface area contributed by atoms with Crippen molar-refractivity contribution in [3.63, 3.8) is 0 Å². The number of hydrogen-bond donors (Lipinski definition) is 0. The predicted octanol–water partition coefficient (Wildman–Crippen LogP) is 7.71. The fourth-order valence-corrected chi connectivity index (χ4v) is 5.15. The van der Waals surface area contributed by atoms with Crippen molar-refractivity contribution >= 4 is 22.4 Å². The van der Waals surface area contributed by atoms with Crippen molar-refractivity contribution in [1.29, 1.82) is 0 Å². The lowest BCUT2D eigenvalue weighted by molar-refractivity contribution is -0.672. The third-order valence-corrected chi connectivity index (χ3v) is 6.66. The Hall–Kier alpha value is -2.41. The van der Waals surface area contributed by atoms with Gasteiger partial charge in [-0.3, -0.25) is 0 Å². The zero-order chi connectivity index (χ0) is 22.7. The fraction of sp³-hybridized carbons (Fsp3) is 0.433. The molecule has 1 aliphatic rings. The molecule has 0 atom stereocenters. The summed E-state index contributed by atoms with van der Waals surface area (Å²) in [5, 5.41) is 2.76. The highest BCUT2D eigenvalue weighted by atomic mass is 14.9. The van der Waals surface area contributed by atoms with Crippen LogP contribution in [-0.2, 0) is 13.5 Å². The van der Waals surface area contributed by atoms with Gasteiger partial charge in [0.25, 0.3) is 0 Å². The molecule has 1 heteroatoms. The van der Waals surface area contributed by atoms with Gasteiger partial charge in [0.1, 0.15) is 7.05 Å². The first-order valence-corrected chi connectivity index (χ1v) is 11.8. The van der Waals surface area contributed by atoms with Gasteiger partial charge in [0.15, 0.2) is 6.20 Å². The summed E-state index contributed by atoms with van der Waals surface area (Å²) in [6, 6.07) is 12.0. The van der Waals surface area contributed by atoms with E-state index in [0.717, 1.165) is 6.42 Å². The third-order valence-electron chi connectivity index (χ3n) is 6.66. The van der Waals surface area contributed by atoms with Crippen molar-refractivity contribution < 1.29 is 4.57 Å². The number of hydrogen-bond acceptors (Lipinski definition) is 0. The first-order valence-electron chi connectivity index (χ1n) is 11.8. The molecule has 0 amide bonds. The van der Waals surface area contributed by atoms with E-state index >= 15 is 0 Å². The second-order valence-electron chi connectivity index (χ2n) is 11.3. The Morgan fingerprint density at radius 2 is 1.65 bits per heavy atom. The molecule has 1 aromatic heterocycles. The van der Waals surface area contributed by atoms with E-state index in [1.807, 2.05) is 0 Å². The van der Waals surface area contributed by atoms with Gasteiger partial charge in [-0.1, -0.05) is 72.7 Å².